The quantitative estimate of drug-likeness (QED) is 0.870. The molecule has 0 unspecified atom stereocenters. The van der Waals surface area contributed by atoms with E-state index < -0.39 is 0 Å². The number of hydrogen-bond donors (Lipinski definition) is 0. The summed E-state index contributed by atoms with van der Waals surface area (Å²) in [5.74, 6) is 0.288. The van der Waals surface area contributed by atoms with E-state index in [1.807, 2.05) is 19.1 Å². The highest BCUT2D eigenvalue weighted by Crippen LogP contribution is 2.32. The van der Waals surface area contributed by atoms with Gasteiger partial charge in [-0.15, -0.1) is 0 Å². The number of aryl methyl sites for hydroxylation is 1. The molecule has 0 aliphatic carbocycles. The summed E-state index contributed by atoms with van der Waals surface area (Å²) in [6.45, 7) is 2.51. The Morgan fingerprint density at radius 2 is 2.29 bits per heavy atom. The lowest BCUT2D eigenvalue weighted by atomic mass is 10.0. The third-order valence-electron chi connectivity index (χ3n) is 3.95. The molecule has 5 heteroatoms. The van der Waals surface area contributed by atoms with Crippen LogP contribution in [0.1, 0.15) is 34.2 Å². The molecule has 0 bridgehead atoms. The minimum Gasteiger partial charge on any atom is -0.459 e. The van der Waals surface area contributed by atoms with Gasteiger partial charge in [-0.2, -0.15) is 0 Å². The molecule has 1 saturated heterocycles. The summed E-state index contributed by atoms with van der Waals surface area (Å²) >= 11 is 0. The number of hydrogen-bond acceptors (Lipinski definition) is 4. The fraction of sp³-hybridized carbons (Fsp3) is 0.375. The summed E-state index contributed by atoms with van der Waals surface area (Å²) in [6, 6.07) is 5.65. The predicted octanol–water partition coefficient (Wildman–Crippen LogP) is 2.59. The van der Waals surface area contributed by atoms with Gasteiger partial charge in [0.15, 0.2) is 5.76 Å². The van der Waals surface area contributed by atoms with E-state index >= 15 is 0 Å². The highest BCUT2D eigenvalue weighted by molar-refractivity contribution is 5.92. The maximum atomic E-state index is 12.6. The second-order valence-corrected chi connectivity index (χ2v) is 5.28. The summed E-state index contributed by atoms with van der Waals surface area (Å²) in [4.78, 5) is 18.4. The van der Waals surface area contributed by atoms with E-state index in [4.69, 9.17) is 9.15 Å². The largest absolute Gasteiger partial charge is 0.459 e. The lowest BCUT2D eigenvalue weighted by Gasteiger charge is -2.28. The molecule has 1 amide bonds. The Morgan fingerprint density at radius 1 is 1.43 bits per heavy atom. The highest BCUT2D eigenvalue weighted by atomic mass is 16.5. The first-order chi connectivity index (χ1) is 10.2. The van der Waals surface area contributed by atoms with Crippen LogP contribution in [0.4, 0.5) is 0 Å². The molecule has 21 heavy (non-hydrogen) atoms. The second kappa shape index (κ2) is 5.69. The van der Waals surface area contributed by atoms with Gasteiger partial charge in [0.1, 0.15) is 6.10 Å². The maximum absolute atomic E-state index is 12.6. The average Bonchev–Trinajstić information content (AvgIpc) is 3.15. The number of rotatable bonds is 3. The van der Waals surface area contributed by atoms with Crippen LogP contribution in [-0.4, -0.2) is 35.5 Å². The van der Waals surface area contributed by atoms with Crippen LogP contribution >= 0.6 is 0 Å². The van der Waals surface area contributed by atoms with Crippen LogP contribution in [-0.2, 0) is 4.74 Å². The van der Waals surface area contributed by atoms with Gasteiger partial charge < -0.3 is 14.1 Å². The number of amides is 1. The second-order valence-electron chi connectivity index (χ2n) is 5.28. The zero-order valence-electron chi connectivity index (χ0n) is 12.2. The SMILES string of the molecule is Cc1ccoc1C(=O)N(C)[C@H]1CCO[C@@H]1c1cccnc1. The third-order valence-corrected chi connectivity index (χ3v) is 3.95. The fourth-order valence-electron chi connectivity index (χ4n) is 2.74. The first-order valence-corrected chi connectivity index (χ1v) is 7.01. The number of pyridine rings is 1. The minimum atomic E-state index is -0.136. The number of ether oxygens (including phenoxy) is 1. The standard InChI is InChI=1S/C16H18N2O3/c1-11-5-8-20-14(11)16(19)18(2)13-6-9-21-15(13)12-4-3-7-17-10-12/h3-5,7-8,10,13,15H,6,9H2,1-2H3/t13-,15+/m0/s1. The summed E-state index contributed by atoms with van der Waals surface area (Å²) in [5, 5.41) is 0. The van der Waals surface area contributed by atoms with Gasteiger partial charge in [0.25, 0.3) is 5.91 Å². The Labute approximate surface area is 123 Å². The molecule has 0 aromatic carbocycles. The monoisotopic (exact) mass is 286 g/mol. The zero-order chi connectivity index (χ0) is 14.8. The first kappa shape index (κ1) is 13.8. The van der Waals surface area contributed by atoms with Crippen molar-refractivity contribution in [3.63, 3.8) is 0 Å². The Bertz CT molecular complexity index is 623. The Kier molecular flexibility index (Phi) is 3.75. The average molecular weight is 286 g/mol. The van der Waals surface area contributed by atoms with E-state index in [0.29, 0.717) is 12.4 Å². The zero-order valence-corrected chi connectivity index (χ0v) is 12.2. The Morgan fingerprint density at radius 3 is 2.95 bits per heavy atom. The molecule has 2 atom stereocenters. The van der Waals surface area contributed by atoms with E-state index in [1.165, 1.54) is 0 Å². The van der Waals surface area contributed by atoms with Crippen LogP contribution in [0.5, 0.6) is 0 Å². The molecule has 0 saturated carbocycles. The molecular weight excluding hydrogens is 268 g/mol. The Balaban J connectivity index is 1.82. The van der Waals surface area contributed by atoms with E-state index in [2.05, 4.69) is 4.98 Å². The Hall–Kier alpha value is -2.14. The lowest BCUT2D eigenvalue weighted by molar-refractivity contribution is 0.0492. The van der Waals surface area contributed by atoms with Crippen molar-refractivity contribution in [2.45, 2.75) is 25.5 Å². The van der Waals surface area contributed by atoms with Crippen LogP contribution < -0.4 is 0 Å². The van der Waals surface area contributed by atoms with E-state index in [-0.39, 0.29) is 18.1 Å². The number of aromatic nitrogens is 1. The fourth-order valence-corrected chi connectivity index (χ4v) is 2.74. The van der Waals surface area contributed by atoms with Gasteiger partial charge in [-0.25, -0.2) is 0 Å². The molecule has 1 fully saturated rings. The number of furan rings is 1. The maximum Gasteiger partial charge on any atom is 0.289 e. The van der Waals surface area contributed by atoms with Crippen molar-refractivity contribution >= 4 is 5.91 Å². The van der Waals surface area contributed by atoms with Crippen LogP contribution in [0.3, 0.4) is 0 Å². The number of nitrogens with zero attached hydrogens (tertiary/aromatic N) is 2. The molecule has 0 spiro atoms. The van der Waals surface area contributed by atoms with E-state index in [9.17, 15) is 4.79 Å². The predicted molar refractivity (Wildman–Crippen MR) is 76.9 cm³/mol. The molecule has 0 N–H and O–H groups in total. The summed E-state index contributed by atoms with van der Waals surface area (Å²) < 4.78 is 11.1. The smallest absolute Gasteiger partial charge is 0.289 e. The van der Waals surface area contributed by atoms with Crippen LogP contribution in [0.25, 0.3) is 0 Å². The van der Waals surface area contributed by atoms with Crippen LogP contribution in [0, 0.1) is 6.92 Å². The van der Waals surface area contributed by atoms with Crippen molar-refractivity contribution in [1.82, 2.24) is 9.88 Å². The van der Waals surface area contributed by atoms with E-state index in [1.54, 1.807) is 36.7 Å². The number of carbonyl (C=O) groups is 1. The topological polar surface area (TPSA) is 55.6 Å². The molecule has 110 valence electrons. The number of likely N-dealkylation sites (N-methyl/N-ethyl adjacent to an activating group) is 1. The van der Waals surface area contributed by atoms with Crippen molar-refractivity contribution in [2.75, 3.05) is 13.7 Å². The van der Waals surface area contributed by atoms with Crippen LogP contribution in [0.15, 0.2) is 41.3 Å². The molecule has 5 nitrogen and oxygen atoms in total. The first-order valence-electron chi connectivity index (χ1n) is 7.01. The van der Waals surface area contributed by atoms with Crippen molar-refractivity contribution in [1.29, 1.82) is 0 Å². The third kappa shape index (κ3) is 2.56. The molecule has 2 aromatic rings. The molecule has 2 aromatic heterocycles. The number of carbonyl (C=O) groups excluding carboxylic acids is 1. The molecule has 1 aliphatic rings. The lowest BCUT2D eigenvalue weighted by Crippen LogP contribution is -2.39. The summed E-state index contributed by atoms with van der Waals surface area (Å²) in [6.07, 6.45) is 5.73. The molecule has 3 rings (SSSR count). The molecule has 1 aliphatic heterocycles. The van der Waals surface area contributed by atoms with Crippen molar-refractivity contribution < 1.29 is 13.9 Å². The van der Waals surface area contributed by atoms with Gasteiger partial charge in [0.2, 0.25) is 0 Å². The van der Waals surface area contributed by atoms with Gasteiger partial charge in [-0.05, 0) is 25.5 Å². The minimum absolute atomic E-state index is 0.00815. The van der Waals surface area contributed by atoms with Gasteiger partial charge >= 0.3 is 0 Å². The molecule has 0 radical (unpaired) electrons. The van der Waals surface area contributed by atoms with E-state index in [0.717, 1.165) is 17.5 Å². The van der Waals surface area contributed by atoms with Crippen LogP contribution in [0.2, 0.25) is 0 Å². The normalized spacial score (nSPS) is 21.4. The molecular formula is C16H18N2O3. The van der Waals surface area contributed by atoms with Gasteiger partial charge in [0, 0.05) is 37.2 Å². The van der Waals surface area contributed by atoms with Crippen molar-refractivity contribution in [3.05, 3.63) is 53.7 Å². The molecule has 3 heterocycles. The highest BCUT2D eigenvalue weighted by Gasteiger charge is 2.36. The van der Waals surface area contributed by atoms with Crippen molar-refractivity contribution in [2.24, 2.45) is 0 Å². The summed E-state index contributed by atoms with van der Waals surface area (Å²) in [5.41, 5.74) is 1.85. The van der Waals surface area contributed by atoms with Crippen molar-refractivity contribution in [3.8, 4) is 0 Å². The van der Waals surface area contributed by atoms with Gasteiger partial charge in [0.05, 0.1) is 12.3 Å². The summed E-state index contributed by atoms with van der Waals surface area (Å²) in [7, 11) is 1.80. The van der Waals surface area contributed by atoms with Gasteiger partial charge in [-0.1, -0.05) is 6.07 Å². The van der Waals surface area contributed by atoms with Gasteiger partial charge in [-0.3, -0.25) is 9.78 Å².